The molecule has 1 aliphatic rings. The largest absolute Gasteiger partial charge is 0.359 e. The van der Waals surface area contributed by atoms with E-state index in [1.54, 1.807) is 6.92 Å². The van der Waals surface area contributed by atoms with Crippen LogP contribution in [-0.2, 0) is 14.8 Å². The number of imidazole rings is 1. The van der Waals surface area contributed by atoms with Gasteiger partial charge in [-0.1, -0.05) is 5.16 Å². The summed E-state index contributed by atoms with van der Waals surface area (Å²) in [5.41, 5.74) is 0. The molecule has 0 aliphatic carbocycles. The first-order valence-electron chi connectivity index (χ1n) is 6.94. The van der Waals surface area contributed by atoms with Gasteiger partial charge in [-0.05, 0) is 6.92 Å². The number of aryl methyl sites for hydroxylation is 1. The molecule has 0 unspecified atom stereocenters. The van der Waals surface area contributed by atoms with Crippen LogP contribution in [0.2, 0.25) is 0 Å². The fraction of sp³-hybridized carbons (Fsp3) is 0.500. The molecule has 124 valence electrons. The molecule has 1 fully saturated rings. The summed E-state index contributed by atoms with van der Waals surface area (Å²) < 4.78 is 31.5. The molecule has 0 bridgehead atoms. The van der Waals surface area contributed by atoms with Crippen molar-refractivity contribution in [3.63, 3.8) is 0 Å². The smallest absolute Gasteiger partial charge is 0.260 e. The van der Waals surface area contributed by atoms with Gasteiger partial charge in [0.05, 0.1) is 24.4 Å². The molecule has 3 heterocycles. The number of amides is 1. The van der Waals surface area contributed by atoms with Crippen LogP contribution in [0.5, 0.6) is 0 Å². The molecule has 10 nitrogen and oxygen atoms in total. The van der Waals surface area contributed by atoms with Crippen LogP contribution < -0.4 is 5.32 Å². The Hall–Kier alpha value is -2.27. The summed E-state index contributed by atoms with van der Waals surface area (Å²) in [5, 5.41) is 6.25. The maximum atomic E-state index is 12.6. The predicted octanol–water partition coefficient (Wildman–Crippen LogP) is -0.749. The summed E-state index contributed by atoms with van der Waals surface area (Å²) in [6, 6.07) is 0. The molecule has 2 aromatic heterocycles. The van der Waals surface area contributed by atoms with Gasteiger partial charge < -0.3 is 14.8 Å². The number of aromatic nitrogens is 4. The number of aromatic amines is 1. The molecule has 2 aromatic rings. The van der Waals surface area contributed by atoms with Crippen LogP contribution in [0.4, 0.5) is 0 Å². The molecule has 3 rings (SSSR count). The Balaban J connectivity index is 1.93. The molecule has 2 N–H and O–H groups in total. The van der Waals surface area contributed by atoms with E-state index in [2.05, 4.69) is 25.4 Å². The normalized spacial score (nSPS) is 22.3. The molecular formula is C12H16N6O4S. The summed E-state index contributed by atoms with van der Waals surface area (Å²) in [5.74, 6) is -0.663. The average Bonchev–Trinajstić information content (AvgIpc) is 3.25. The van der Waals surface area contributed by atoms with Crippen molar-refractivity contribution in [2.75, 3.05) is 20.1 Å². The highest BCUT2D eigenvalue weighted by atomic mass is 32.2. The van der Waals surface area contributed by atoms with Crippen molar-refractivity contribution in [3.05, 3.63) is 24.2 Å². The maximum Gasteiger partial charge on any atom is 0.260 e. The standard InChI is InChI=1S/C12H16N6O4S/c1-7-16-12(22-17-7)9-5-18(4-8(9)11(19)13-2)23(20,21)10-3-14-6-15-10/h3,6,8-9H,4-5H2,1-2H3,(H,13,19)(H,14,15)/t8-,9-/m1/s1. The summed E-state index contributed by atoms with van der Waals surface area (Å²) in [6.45, 7) is 1.78. The zero-order valence-corrected chi connectivity index (χ0v) is 13.4. The number of hydrogen-bond acceptors (Lipinski definition) is 7. The Kier molecular flexibility index (Phi) is 3.90. The molecule has 1 amide bonds. The molecule has 0 radical (unpaired) electrons. The molecule has 1 aliphatic heterocycles. The minimum absolute atomic E-state index is 0.0180. The first kappa shape index (κ1) is 15.6. The van der Waals surface area contributed by atoms with Gasteiger partial charge in [0.15, 0.2) is 10.9 Å². The van der Waals surface area contributed by atoms with Crippen molar-refractivity contribution in [3.8, 4) is 0 Å². The third-order valence-corrected chi connectivity index (χ3v) is 5.58. The number of rotatable bonds is 4. The fourth-order valence-corrected chi connectivity index (χ4v) is 4.04. The molecule has 2 atom stereocenters. The Morgan fingerprint density at radius 1 is 1.48 bits per heavy atom. The van der Waals surface area contributed by atoms with Crippen molar-refractivity contribution in [1.82, 2.24) is 29.7 Å². The summed E-state index contributed by atoms with van der Waals surface area (Å²) in [6.07, 6.45) is 2.52. The van der Waals surface area contributed by atoms with Crippen LogP contribution in [-0.4, -0.2) is 58.9 Å². The second-order valence-electron chi connectivity index (χ2n) is 5.24. The predicted molar refractivity (Wildman–Crippen MR) is 76.7 cm³/mol. The van der Waals surface area contributed by atoms with Gasteiger partial charge in [-0.3, -0.25) is 4.79 Å². The van der Waals surface area contributed by atoms with Crippen LogP contribution in [0.25, 0.3) is 0 Å². The van der Waals surface area contributed by atoms with E-state index in [4.69, 9.17) is 4.52 Å². The summed E-state index contributed by atoms with van der Waals surface area (Å²) >= 11 is 0. The van der Waals surface area contributed by atoms with E-state index in [9.17, 15) is 13.2 Å². The quantitative estimate of drug-likeness (QED) is 0.748. The molecule has 0 spiro atoms. The second kappa shape index (κ2) is 5.74. The Bertz CT molecular complexity index is 799. The number of carbonyl (C=O) groups excluding carboxylic acids is 1. The van der Waals surface area contributed by atoms with E-state index in [1.165, 1.54) is 23.9 Å². The van der Waals surface area contributed by atoms with Crippen LogP contribution >= 0.6 is 0 Å². The third kappa shape index (κ3) is 2.72. The van der Waals surface area contributed by atoms with E-state index >= 15 is 0 Å². The summed E-state index contributed by atoms with van der Waals surface area (Å²) in [7, 11) is -2.25. The van der Waals surface area contributed by atoms with Crippen LogP contribution in [0, 0.1) is 12.8 Å². The van der Waals surface area contributed by atoms with Crippen LogP contribution in [0.3, 0.4) is 0 Å². The van der Waals surface area contributed by atoms with Gasteiger partial charge in [-0.15, -0.1) is 0 Å². The topological polar surface area (TPSA) is 134 Å². The highest BCUT2D eigenvalue weighted by molar-refractivity contribution is 7.89. The highest BCUT2D eigenvalue weighted by Gasteiger charge is 2.46. The van der Waals surface area contributed by atoms with Crippen molar-refractivity contribution in [2.24, 2.45) is 5.92 Å². The Morgan fingerprint density at radius 2 is 2.26 bits per heavy atom. The SMILES string of the molecule is CNC(=O)[C@@H]1CN(S(=O)(=O)c2cnc[nH]2)C[C@H]1c1nc(C)no1. The monoisotopic (exact) mass is 340 g/mol. The zero-order valence-electron chi connectivity index (χ0n) is 12.6. The fourth-order valence-electron chi connectivity index (χ4n) is 2.65. The number of nitrogens with zero attached hydrogens (tertiary/aromatic N) is 4. The maximum absolute atomic E-state index is 12.6. The minimum Gasteiger partial charge on any atom is -0.359 e. The van der Waals surface area contributed by atoms with E-state index in [0.717, 1.165) is 0 Å². The number of sulfonamides is 1. The van der Waals surface area contributed by atoms with Gasteiger partial charge >= 0.3 is 0 Å². The molecule has 0 aromatic carbocycles. The number of hydrogen-bond donors (Lipinski definition) is 2. The second-order valence-corrected chi connectivity index (χ2v) is 7.15. The number of nitrogens with one attached hydrogen (secondary N) is 2. The van der Waals surface area contributed by atoms with Crippen molar-refractivity contribution in [1.29, 1.82) is 0 Å². The molecule has 1 saturated heterocycles. The lowest BCUT2D eigenvalue weighted by atomic mass is 9.95. The van der Waals surface area contributed by atoms with E-state index in [0.29, 0.717) is 5.82 Å². The van der Waals surface area contributed by atoms with Gasteiger partial charge in [0.2, 0.25) is 11.8 Å². The Labute approximate surface area is 132 Å². The minimum atomic E-state index is -3.76. The van der Waals surface area contributed by atoms with Crippen LogP contribution in [0.1, 0.15) is 17.6 Å². The number of carbonyl (C=O) groups is 1. The van der Waals surface area contributed by atoms with Gasteiger partial charge in [0.1, 0.15) is 0 Å². The lowest BCUT2D eigenvalue weighted by Gasteiger charge is -2.14. The van der Waals surface area contributed by atoms with Crippen molar-refractivity contribution < 1.29 is 17.7 Å². The highest BCUT2D eigenvalue weighted by Crippen LogP contribution is 2.34. The Morgan fingerprint density at radius 3 is 2.83 bits per heavy atom. The summed E-state index contributed by atoms with van der Waals surface area (Å²) in [4.78, 5) is 22.6. The van der Waals surface area contributed by atoms with Gasteiger partial charge in [-0.2, -0.15) is 9.29 Å². The van der Waals surface area contributed by atoms with Gasteiger partial charge in [0.25, 0.3) is 10.0 Å². The molecule has 0 saturated carbocycles. The number of H-pyrrole nitrogens is 1. The van der Waals surface area contributed by atoms with Gasteiger partial charge in [-0.25, -0.2) is 13.4 Å². The molecular weight excluding hydrogens is 324 g/mol. The van der Waals surface area contributed by atoms with E-state index in [1.807, 2.05) is 0 Å². The van der Waals surface area contributed by atoms with E-state index in [-0.39, 0.29) is 29.9 Å². The van der Waals surface area contributed by atoms with Crippen molar-refractivity contribution >= 4 is 15.9 Å². The molecule has 23 heavy (non-hydrogen) atoms. The van der Waals surface area contributed by atoms with Crippen LogP contribution in [0.15, 0.2) is 22.1 Å². The zero-order chi connectivity index (χ0) is 16.6. The van der Waals surface area contributed by atoms with Gasteiger partial charge in [0, 0.05) is 20.1 Å². The molecule has 11 heteroatoms. The lowest BCUT2D eigenvalue weighted by molar-refractivity contribution is -0.124. The first-order chi connectivity index (χ1) is 10.9. The average molecular weight is 340 g/mol. The first-order valence-corrected chi connectivity index (χ1v) is 8.38. The van der Waals surface area contributed by atoms with E-state index < -0.39 is 21.9 Å². The third-order valence-electron chi connectivity index (χ3n) is 3.82. The lowest BCUT2D eigenvalue weighted by Crippen LogP contribution is -2.33. The van der Waals surface area contributed by atoms with Crippen molar-refractivity contribution in [2.45, 2.75) is 17.9 Å².